The molecule has 2 heteroatoms. The number of hydrogen-bond acceptors (Lipinski definition) is 2. The van der Waals surface area contributed by atoms with Gasteiger partial charge in [0, 0.05) is 17.8 Å². The molecule has 0 aliphatic rings. The molecule has 0 aliphatic carbocycles. The summed E-state index contributed by atoms with van der Waals surface area (Å²) in [5.41, 5.74) is 0.968. The van der Waals surface area contributed by atoms with E-state index >= 15 is 0 Å². The van der Waals surface area contributed by atoms with E-state index in [2.05, 4.69) is 4.98 Å². The lowest BCUT2D eigenvalue weighted by atomic mass is 9.95. The minimum absolute atomic E-state index is 0.218. The van der Waals surface area contributed by atoms with Gasteiger partial charge in [-0.2, -0.15) is 0 Å². The highest BCUT2D eigenvalue weighted by Gasteiger charge is 2.14. The van der Waals surface area contributed by atoms with Gasteiger partial charge in [-0.1, -0.05) is 32.0 Å². The van der Waals surface area contributed by atoms with Crippen LogP contribution in [0.4, 0.5) is 0 Å². The van der Waals surface area contributed by atoms with Crippen molar-refractivity contribution < 1.29 is 5.11 Å². The van der Waals surface area contributed by atoms with Crippen molar-refractivity contribution >= 4 is 10.8 Å². The fourth-order valence-electron chi connectivity index (χ4n) is 1.75. The van der Waals surface area contributed by atoms with E-state index < -0.39 is 6.10 Å². The molecule has 0 amide bonds. The summed E-state index contributed by atoms with van der Waals surface area (Å²) in [7, 11) is 0. The highest BCUT2D eigenvalue weighted by molar-refractivity contribution is 5.85. The normalized spacial score (nSPS) is 13.3. The first-order valence-corrected chi connectivity index (χ1v) is 5.21. The average Bonchev–Trinajstić information content (AvgIpc) is 2.27. The Bertz CT molecular complexity index is 460. The van der Waals surface area contributed by atoms with Gasteiger partial charge in [0.25, 0.3) is 0 Å². The molecule has 0 saturated heterocycles. The maximum atomic E-state index is 10.1. The van der Waals surface area contributed by atoms with Gasteiger partial charge in [-0.15, -0.1) is 0 Å². The predicted octanol–water partition coefficient (Wildman–Crippen LogP) is 2.92. The van der Waals surface area contributed by atoms with Gasteiger partial charge in [-0.05, 0) is 22.9 Å². The summed E-state index contributed by atoms with van der Waals surface area (Å²) in [6, 6.07) is 7.94. The molecule has 1 aromatic heterocycles. The summed E-state index contributed by atoms with van der Waals surface area (Å²) in [5.74, 6) is 0.218. The van der Waals surface area contributed by atoms with Crippen LogP contribution in [0.2, 0.25) is 0 Å². The van der Waals surface area contributed by atoms with Gasteiger partial charge >= 0.3 is 0 Å². The smallest absolute Gasteiger partial charge is 0.0819 e. The zero-order valence-electron chi connectivity index (χ0n) is 9.01. The van der Waals surface area contributed by atoms with E-state index in [0.717, 1.165) is 16.3 Å². The SMILES string of the molecule is CC(C)C(O)c1cccc2ccncc12. The number of fused-ring (bicyclic) bond motifs is 1. The number of pyridine rings is 1. The minimum atomic E-state index is -0.419. The maximum Gasteiger partial charge on any atom is 0.0819 e. The quantitative estimate of drug-likeness (QED) is 0.810. The summed E-state index contributed by atoms with van der Waals surface area (Å²) in [5, 5.41) is 12.2. The molecular weight excluding hydrogens is 186 g/mol. The van der Waals surface area contributed by atoms with Crippen LogP contribution in [0, 0.1) is 5.92 Å². The first-order valence-electron chi connectivity index (χ1n) is 5.21. The topological polar surface area (TPSA) is 33.1 Å². The van der Waals surface area contributed by atoms with Crippen molar-refractivity contribution in [3.05, 3.63) is 42.2 Å². The van der Waals surface area contributed by atoms with Crippen LogP contribution in [0.25, 0.3) is 10.8 Å². The molecule has 0 radical (unpaired) electrons. The summed E-state index contributed by atoms with van der Waals surface area (Å²) < 4.78 is 0. The van der Waals surface area contributed by atoms with Crippen LogP contribution in [0.15, 0.2) is 36.7 Å². The second-order valence-corrected chi connectivity index (χ2v) is 4.13. The summed E-state index contributed by atoms with van der Waals surface area (Å²) in [6.45, 7) is 4.03. The van der Waals surface area contributed by atoms with Crippen molar-refractivity contribution in [2.24, 2.45) is 5.92 Å². The van der Waals surface area contributed by atoms with Gasteiger partial charge in [0.05, 0.1) is 6.10 Å². The van der Waals surface area contributed by atoms with Crippen LogP contribution < -0.4 is 0 Å². The Morgan fingerprint density at radius 1 is 1.20 bits per heavy atom. The Hall–Kier alpha value is -1.41. The number of nitrogens with zero attached hydrogens (tertiary/aromatic N) is 1. The van der Waals surface area contributed by atoms with Gasteiger partial charge < -0.3 is 5.11 Å². The molecular formula is C13H15NO. The molecule has 1 unspecified atom stereocenters. The number of aliphatic hydroxyl groups is 1. The Morgan fingerprint density at radius 2 is 2.00 bits per heavy atom. The van der Waals surface area contributed by atoms with E-state index in [0.29, 0.717) is 0 Å². The molecule has 0 fully saturated rings. The molecule has 15 heavy (non-hydrogen) atoms. The van der Waals surface area contributed by atoms with Crippen molar-refractivity contribution in [3.63, 3.8) is 0 Å². The van der Waals surface area contributed by atoms with Crippen LogP contribution in [0.3, 0.4) is 0 Å². The van der Waals surface area contributed by atoms with Crippen molar-refractivity contribution in [3.8, 4) is 0 Å². The third-order valence-corrected chi connectivity index (χ3v) is 2.67. The van der Waals surface area contributed by atoms with Gasteiger partial charge in [0.15, 0.2) is 0 Å². The van der Waals surface area contributed by atoms with Crippen molar-refractivity contribution in [1.29, 1.82) is 0 Å². The van der Waals surface area contributed by atoms with Gasteiger partial charge in [0.2, 0.25) is 0 Å². The summed E-state index contributed by atoms with van der Waals surface area (Å²) in [6.07, 6.45) is 3.17. The number of aliphatic hydroxyl groups excluding tert-OH is 1. The average molecular weight is 201 g/mol. The Morgan fingerprint density at radius 3 is 2.73 bits per heavy atom. The lowest BCUT2D eigenvalue weighted by Gasteiger charge is -2.16. The van der Waals surface area contributed by atoms with Gasteiger partial charge in [-0.3, -0.25) is 4.98 Å². The van der Waals surface area contributed by atoms with Crippen molar-refractivity contribution in [1.82, 2.24) is 4.98 Å². The molecule has 78 valence electrons. The predicted molar refractivity (Wildman–Crippen MR) is 61.5 cm³/mol. The molecule has 1 aromatic carbocycles. The Balaban J connectivity index is 2.60. The molecule has 2 aromatic rings. The van der Waals surface area contributed by atoms with Gasteiger partial charge in [0.1, 0.15) is 0 Å². The third kappa shape index (κ3) is 1.85. The lowest BCUT2D eigenvalue weighted by Crippen LogP contribution is -2.05. The Kier molecular flexibility index (Phi) is 2.69. The third-order valence-electron chi connectivity index (χ3n) is 2.67. The molecule has 0 saturated carbocycles. The van der Waals surface area contributed by atoms with E-state index in [1.54, 1.807) is 6.20 Å². The van der Waals surface area contributed by atoms with Gasteiger partial charge in [-0.25, -0.2) is 0 Å². The first-order chi connectivity index (χ1) is 7.20. The van der Waals surface area contributed by atoms with Crippen LogP contribution in [0.5, 0.6) is 0 Å². The molecule has 1 heterocycles. The molecule has 1 N–H and O–H groups in total. The van der Waals surface area contributed by atoms with Crippen LogP contribution >= 0.6 is 0 Å². The number of hydrogen-bond donors (Lipinski definition) is 1. The number of benzene rings is 1. The fourth-order valence-corrected chi connectivity index (χ4v) is 1.75. The van der Waals surface area contributed by atoms with E-state index in [9.17, 15) is 5.11 Å². The molecule has 0 aliphatic heterocycles. The fraction of sp³-hybridized carbons (Fsp3) is 0.308. The maximum absolute atomic E-state index is 10.1. The molecule has 2 nitrogen and oxygen atoms in total. The summed E-state index contributed by atoms with van der Waals surface area (Å²) in [4.78, 5) is 4.10. The highest BCUT2D eigenvalue weighted by atomic mass is 16.3. The van der Waals surface area contributed by atoms with E-state index in [4.69, 9.17) is 0 Å². The van der Waals surface area contributed by atoms with Crippen molar-refractivity contribution in [2.45, 2.75) is 20.0 Å². The van der Waals surface area contributed by atoms with E-state index in [-0.39, 0.29) is 5.92 Å². The van der Waals surface area contributed by atoms with Crippen LogP contribution in [0.1, 0.15) is 25.5 Å². The minimum Gasteiger partial charge on any atom is -0.388 e. The second-order valence-electron chi connectivity index (χ2n) is 4.13. The standard InChI is InChI=1S/C13H15NO/c1-9(2)13(15)11-5-3-4-10-6-7-14-8-12(10)11/h3-9,13,15H,1-2H3. The van der Waals surface area contributed by atoms with Crippen molar-refractivity contribution in [2.75, 3.05) is 0 Å². The second kappa shape index (κ2) is 3.99. The monoisotopic (exact) mass is 201 g/mol. The zero-order chi connectivity index (χ0) is 10.8. The van der Waals surface area contributed by atoms with Crippen LogP contribution in [-0.2, 0) is 0 Å². The number of rotatable bonds is 2. The first kappa shape index (κ1) is 10.1. The number of aromatic nitrogens is 1. The van der Waals surface area contributed by atoms with Crippen LogP contribution in [-0.4, -0.2) is 10.1 Å². The molecule has 2 rings (SSSR count). The lowest BCUT2D eigenvalue weighted by molar-refractivity contribution is 0.128. The Labute approximate surface area is 89.6 Å². The largest absolute Gasteiger partial charge is 0.388 e. The summed E-state index contributed by atoms with van der Waals surface area (Å²) >= 11 is 0. The highest BCUT2D eigenvalue weighted by Crippen LogP contribution is 2.27. The molecule has 0 spiro atoms. The molecule has 1 atom stereocenters. The molecule has 0 bridgehead atoms. The zero-order valence-corrected chi connectivity index (χ0v) is 9.01. The van der Waals surface area contributed by atoms with E-state index in [1.807, 2.05) is 44.3 Å². The van der Waals surface area contributed by atoms with E-state index in [1.165, 1.54) is 0 Å².